The molecular weight excluding hydrogens is 776 g/mol. The Kier molecular flexibility index (Phi) is 16.1. The third-order valence-corrected chi connectivity index (χ3v) is 10.3. The monoisotopic (exact) mass is 828 g/mol. The zero-order valence-corrected chi connectivity index (χ0v) is 29.2. The third-order valence-electron chi connectivity index (χ3n) is 10.3. The summed E-state index contributed by atoms with van der Waals surface area (Å²) in [5, 5.41) is 175. The molecule has 5 fully saturated rings. The lowest BCUT2D eigenvalue weighted by molar-refractivity contribution is -0.385. The predicted molar refractivity (Wildman–Crippen MR) is 167 cm³/mol. The van der Waals surface area contributed by atoms with Gasteiger partial charge in [0.25, 0.3) is 0 Å². The molecule has 25 atom stereocenters. The summed E-state index contributed by atoms with van der Waals surface area (Å²) in [5.41, 5.74) is 0. The van der Waals surface area contributed by atoms with Crippen molar-refractivity contribution >= 4 is 0 Å². The predicted octanol–water partition coefficient (Wildman–Crippen LogP) is -11.9. The first-order chi connectivity index (χ1) is 26.4. The minimum absolute atomic E-state index is 0.786. The largest absolute Gasteiger partial charge is 0.394 e. The highest BCUT2D eigenvalue weighted by Crippen LogP contribution is 2.34. The van der Waals surface area contributed by atoms with E-state index in [1.807, 2.05) is 0 Å². The maximum absolute atomic E-state index is 11.3. The quantitative estimate of drug-likeness (QED) is 0.0819. The van der Waals surface area contributed by atoms with E-state index in [2.05, 4.69) is 0 Å². The van der Waals surface area contributed by atoms with E-state index in [0.29, 0.717) is 0 Å². The van der Waals surface area contributed by atoms with Gasteiger partial charge in [-0.05, 0) is 0 Å². The van der Waals surface area contributed by atoms with Gasteiger partial charge in [0, 0.05) is 0 Å². The Balaban J connectivity index is 1.36. The van der Waals surface area contributed by atoms with E-state index in [9.17, 15) is 86.8 Å². The zero-order valence-electron chi connectivity index (χ0n) is 29.2. The molecule has 0 aliphatic carbocycles. The van der Waals surface area contributed by atoms with Crippen LogP contribution in [-0.2, 0) is 42.6 Å². The molecule has 17 N–H and O–H groups in total. The third kappa shape index (κ3) is 9.46. The summed E-state index contributed by atoms with van der Waals surface area (Å²) in [6.07, 6.45) is -46.3. The van der Waals surface area contributed by atoms with Gasteiger partial charge in [0.05, 0.1) is 33.0 Å². The lowest BCUT2D eigenvalue weighted by Gasteiger charge is -2.48. The van der Waals surface area contributed by atoms with Crippen molar-refractivity contribution in [1.82, 2.24) is 0 Å². The van der Waals surface area contributed by atoms with Crippen LogP contribution < -0.4 is 0 Å². The highest BCUT2D eigenvalue weighted by atomic mass is 16.8. The molecule has 5 aliphatic rings. The van der Waals surface area contributed by atoms with Crippen LogP contribution in [0.1, 0.15) is 0 Å². The van der Waals surface area contributed by atoms with Gasteiger partial charge in [0.1, 0.15) is 122 Å². The van der Waals surface area contributed by atoms with Crippen LogP contribution in [0.25, 0.3) is 0 Å². The maximum Gasteiger partial charge on any atom is 0.187 e. The molecule has 0 saturated carbocycles. The second-order valence-corrected chi connectivity index (χ2v) is 14.0. The van der Waals surface area contributed by atoms with Gasteiger partial charge in [-0.3, -0.25) is 0 Å². The molecular formula is C30H52O26. The highest BCUT2D eigenvalue weighted by molar-refractivity contribution is 4.97. The molecule has 0 spiro atoms. The molecule has 26 nitrogen and oxygen atoms in total. The standard InChI is InChI=1S/C30H52O26/c31-1-6-11(34)14(37)20(43)27(51-6)48-4-9-24(17(40)19(42)26(47)50-9)55-30-23(46)18(41)25(56-29-22(45)16(39)13(36)8(3-33)53-29)10(54-30)5-49-28-21(44)15(38)12(35)7(2-32)52-28/h6-47H,1-5H2/t6-,7-,8-,9-,10-,11+,12+,13-,14+,15+,16+,17-,18-,19+,20-,21-,22+,23+,24-,25-,26+,27+,28+,29+,30+/m1/s1. The van der Waals surface area contributed by atoms with E-state index in [1.54, 1.807) is 0 Å². The second-order valence-electron chi connectivity index (χ2n) is 14.0. The smallest absolute Gasteiger partial charge is 0.187 e. The first kappa shape index (κ1) is 46.0. The fraction of sp³-hybridized carbons (Fsp3) is 1.00. The second kappa shape index (κ2) is 19.6. The van der Waals surface area contributed by atoms with Crippen LogP contribution in [0.2, 0.25) is 0 Å². The van der Waals surface area contributed by atoms with Crippen molar-refractivity contribution in [2.75, 3.05) is 33.0 Å². The fourth-order valence-corrected chi connectivity index (χ4v) is 6.82. The molecule has 56 heavy (non-hydrogen) atoms. The number of rotatable bonds is 13. The van der Waals surface area contributed by atoms with Crippen LogP contribution in [0.5, 0.6) is 0 Å². The lowest BCUT2D eigenvalue weighted by Crippen LogP contribution is -2.67. The van der Waals surface area contributed by atoms with E-state index in [4.69, 9.17) is 42.6 Å². The van der Waals surface area contributed by atoms with Gasteiger partial charge in [-0.15, -0.1) is 0 Å². The summed E-state index contributed by atoms with van der Waals surface area (Å²) in [5.74, 6) is 0. The van der Waals surface area contributed by atoms with Gasteiger partial charge in [0.2, 0.25) is 0 Å². The van der Waals surface area contributed by atoms with Crippen molar-refractivity contribution in [1.29, 1.82) is 0 Å². The van der Waals surface area contributed by atoms with E-state index >= 15 is 0 Å². The van der Waals surface area contributed by atoms with Gasteiger partial charge in [-0.25, -0.2) is 0 Å². The Morgan fingerprint density at radius 1 is 0.304 bits per heavy atom. The van der Waals surface area contributed by atoms with E-state index in [0.717, 1.165) is 0 Å². The topological polar surface area (TPSA) is 427 Å². The van der Waals surface area contributed by atoms with Gasteiger partial charge in [0.15, 0.2) is 31.5 Å². The molecule has 26 heteroatoms. The zero-order chi connectivity index (χ0) is 41.3. The summed E-state index contributed by atoms with van der Waals surface area (Å²) in [6, 6.07) is 0. The summed E-state index contributed by atoms with van der Waals surface area (Å²) in [7, 11) is 0. The number of hydrogen-bond donors (Lipinski definition) is 17. The van der Waals surface area contributed by atoms with E-state index < -0.39 is 187 Å². The van der Waals surface area contributed by atoms with E-state index in [-0.39, 0.29) is 0 Å². The molecule has 0 unspecified atom stereocenters. The molecule has 0 amide bonds. The summed E-state index contributed by atoms with van der Waals surface area (Å²) in [6.45, 7) is -4.14. The first-order valence-electron chi connectivity index (χ1n) is 17.6. The Morgan fingerprint density at radius 3 is 1.00 bits per heavy atom. The number of aliphatic hydroxyl groups excluding tert-OH is 17. The Bertz CT molecular complexity index is 1200. The molecule has 0 radical (unpaired) electrons. The van der Waals surface area contributed by atoms with Crippen LogP contribution >= 0.6 is 0 Å². The molecule has 0 bridgehead atoms. The molecule has 5 heterocycles. The minimum atomic E-state index is -2.18. The molecule has 5 aliphatic heterocycles. The van der Waals surface area contributed by atoms with E-state index in [1.165, 1.54) is 0 Å². The average Bonchev–Trinajstić information content (AvgIpc) is 3.18. The van der Waals surface area contributed by atoms with Crippen LogP contribution in [0.4, 0.5) is 0 Å². The molecule has 5 saturated heterocycles. The molecule has 5 rings (SSSR count). The fourth-order valence-electron chi connectivity index (χ4n) is 6.82. The van der Waals surface area contributed by atoms with Gasteiger partial charge in [-0.1, -0.05) is 0 Å². The summed E-state index contributed by atoms with van der Waals surface area (Å²) >= 11 is 0. The maximum atomic E-state index is 11.3. The average molecular weight is 829 g/mol. The van der Waals surface area contributed by atoms with Crippen molar-refractivity contribution in [2.45, 2.75) is 154 Å². The Hall–Kier alpha value is -1.04. The van der Waals surface area contributed by atoms with Crippen molar-refractivity contribution in [3.8, 4) is 0 Å². The SMILES string of the molecule is OC[C@H]1O[C@H](OC[C@H]2O[C@@H](O[C@H]3[C@H](O)[C@H](O)[C@@H](O)O[C@@H]3CO[C@H]3O[C@H](CO)[C@H](O)[C@H](O)[C@H]3O)[C@@H](O)[C@@H](O)[C@@H]2O[C@@H]2O[C@H](CO)[C@@H](O)[C@H](O)[C@@H]2O)[C@H](O)[C@@H](O)[C@H]1O. The van der Waals surface area contributed by atoms with Crippen LogP contribution in [0.15, 0.2) is 0 Å². The van der Waals surface area contributed by atoms with Gasteiger partial charge < -0.3 is 129 Å². The summed E-state index contributed by atoms with van der Waals surface area (Å²) < 4.78 is 49.6. The van der Waals surface area contributed by atoms with Crippen molar-refractivity contribution in [3.05, 3.63) is 0 Å². The normalized spacial score (nSPS) is 53.2. The molecule has 0 aromatic rings. The highest BCUT2D eigenvalue weighted by Gasteiger charge is 2.55. The van der Waals surface area contributed by atoms with Crippen LogP contribution in [-0.4, -0.2) is 273 Å². The number of aliphatic hydroxyl groups is 17. The lowest BCUT2D eigenvalue weighted by atomic mass is 9.96. The number of ether oxygens (including phenoxy) is 9. The van der Waals surface area contributed by atoms with Gasteiger partial charge >= 0.3 is 0 Å². The minimum Gasteiger partial charge on any atom is -0.394 e. The van der Waals surface area contributed by atoms with Crippen molar-refractivity contribution < 1.29 is 129 Å². The first-order valence-corrected chi connectivity index (χ1v) is 17.6. The van der Waals surface area contributed by atoms with Crippen LogP contribution in [0.3, 0.4) is 0 Å². The van der Waals surface area contributed by atoms with Crippen molar-refractivity contribution in [3.63, 3.8) is 0 Å². The Morgan fingerprint density at radius 2 is 0.607 bits per heavy atom. The summed E-state index contributed by atoms with van der Waals surface area (Å²) in [4.78, 5) is 0. The molecule has 328 valence electrons. The Labute approximate surface area is 316 Å². The van der Waals surface area contributed by atoms with Crippen molar-refractivity contribution in [2.24, 2.45) is 0 Å². The van der Waals surface area contributed by atoms with Gasteiger partial charge in [-0.2, -0.15) is 0 Å². The molecule has 0 aromatic heterocycles. The molecule has 0 aromatic carbocycles. The van der Waals surface area contributed by atoms with Crippen LogP contribution in [0, 0.1) is 0 Å². The number of hydrogen-bond acceptors (Lipinski definition) is 26.